The highest BCUT2D eigenvalue weighted by Gasteiger charge is 2.21. The maximum absolute atomic E-state index is 13.0. The number of benzene rings is 1. The van der Waals surface area contributed by atoms with Gasteiger partial charge in [0.2, 0.25) is 5.91 Å². The molecule has 1 aliphatic rings. The van der Waals surface area contributed by atoms with Crippen LogP contribution in [-0.2, 0) is 4.79 Å². The maximum Gasteiger partial charge on any atom is 0.237 e. The van der Waals surface area contributed by atoms with E-state index in [1.165, 1.54) is 12.1 Å². The summed E-state index contributed by atoms with van der Waals surface area (Å²) in [5.74, 6) is 0.160. The van der Waals surface area contributed by atoms with E-state index in [-0.39, 0.29) is 23.8 Å². The van der Waals surface area contributed by atoms with E-state index in [9.17, 15) is 9.18 Å². The SMILES string of the molecule is C[C@@H](COc1cccc(F)c1)NC(=O)[C@@H]1CCCCN1. The molecule has 2 N–H and O–H groups in total. The highest BCUT2D eigenvalue weighted by Crippen LogP contribution is 2.12. The Hall–Kier alpha value is -1.62. The van der Waals surface area contributed by atoms with Crippen LogP contribution in [0.1, 0.15) is 26.2 Å². The molecule has 0 unspecified atom stereocenters. The molecule has 4 nitrogen and oxygen atoms in total. The molecule has 5 heteroatoms. The lowest BCUT2D eigenvalue weighted by atomic mass is 10.0. The fourth-order valence-electron chi connectivity index (χ4n) is 2.24. The molecular formula is C15H21FN2O2. The summed E-state index contributed by atoms with van der Waals surface area (Å²) in [6.45, 7) is 3.09. The number of nitrogens with one attached hydrogen (secondary N) is 2. The summed E-state index contributed by atoms with van der Waals surface area (Å²) in [4.78, 5) is 12.0. The Balaban J connectivity index is 1.74. The number of carbonyl (C=O) groups excluding carboxylic acids is 1. The number of piperidine rings is 1. The summed E-state index contributed by atoms with van der Waals surface area (Å²) < 4.78 is 18.4. The molecule has 1 fully saturated rings. The molecule has 1 amide bonds. The monoisotopic (exact) mass is 280 g/mol. The Labute approximate surface area is 118 Å². The Morgan fingerprint density at radius 1 is 1.55 bits per heavy atom. The summed E-state index contributed by atoms with van der Waals surface area (Å²) in [5, 5.41) is 6.12. The fourth-order valence-corrected chi connectivity index (χ4v) is 2.24. The molecule has 0 radical (unpaired) electrons. The molecule has 1 heterocycles. The van der Waals surface area contributed by atoms with Gasteiger partial charge < -0.3 is 15.4 Å². The lowest BCUT2D eigenvalue weighted by molar-refractivity contribution is -0.124. The Morgan fingerprint density at radius 2 is 2.40 bits per heavy atom. The molecule has 0 spiro atoms. The van der Waals surface area contributed by atoms with E-state index in [4.69, 9.17) is 4.74 Å². The van der Waals surface area contributed by atoms with Gasteiger partial charge >= 0.3 is 0 Å². The number of halogens is 1. The molecule has 2 rings (SSSR count). The maximum atomic E-state index is 13.0. The van der Waals surface area contributed by atoms with E-state index in [2.05, 4.69) is 10.6 Å². The van der Waals surface area contributed by atoms with Crippen LogP contribution < -0.4 is 15.4 Å². The fraction of sp³-hybridized carbons (Fsp3) is 0.533. The first-order valence-corrected chi connectivity index (χ1v) is 7.07. The van der Waals surface area contributed by atoms with Crippen molar-refractivity contribution in [2.24, 2.45) is 0 Å². The van der Waals surface area contributed by atoms with Crippen molar-refractivity contribution in [3.05, 3.63) is 30.1 Å². The predicted octanol–water partition coefficient (Wildman–Crippen LogP) is 1.85. The molecular weight excluding hydrogens is 259 g/mol. The molecule has 1 aliphatic heterocycles. The topological polar surface area (TPSA) is 50.4 Å². The van der Waals surface area contributed by atoms with Crippen LogP contribution in [0.5, 0.6) is 5.75 Å². The van der Waals surface area contributed by atoms with Gasteiger partial charge in [0.25, 0.3) is 0 Å². The van der Waals surface area contributed by atoms with Gasteiger partial charge in [-0.2, -0.15) is 0 Å². The first kappa shape index (κ1) is 14.8. The average Bonchev–Trinajstić information content (AvgIpc) is 2.46. The van der Waals surface area contributed by atoms with Crippen molar-refractivity contribution in [1.29, 1.82) is 0 Å². The second kappa shape index (κ2) is 7.24. The van der Waals surface area contributed by atoms with Crippen molar-refractivity contribution < 1.29 is 13.9 Å². The third-order valence-corrected chi connectivity index (χ3v) is 3.31. The lowest BCUT2D eigenvalue weighted by Gasteiger charge is -2.24. The number of hydrogen-bond acceptors (Lipinski definition) is 3. The van der Waals surface area contributed by atoms with Gasteiger partial charge in [-0.1, -0.05) is 12.5 Å². The Morgan fingerprint density at radius 3 is 3.10 bits per heavy atom. The number of carbonyl (C=O) groups is 1. The van der Waals surface area contributed by atoms with Gasteiger partial charge in [-0.25, -0.2) is 4.39 Å². The summed E-state index contributed by atoms with van der Waals surface area (Å²) >= 11 is 0. The highest BCUT2D eigenvalue weighted by molar-refractivity contribution is 5.82. The first-order valence-electron chi connectivity index (χ1n) is 7.07. The van der Waals surface area contributed by atoms with Crippen molar-refractivity contribution >= 4 is 5.91 Å². The van der Waals surface area contributed by atoms with Crippen molar-refractivity contribution in [2.45, 2.75) is 38.3 Å². The quantitative estimate of drug-likeness (QED) is 0.865. The van der Waals surface area contributed by atoms with Crippen LogP contribution >= 0.6 is 0 Å². The van der Waals surface area contributed by atoms with Crippen LogP contribution in [0.15, 0.2) is 24.3 Å². The third kappa shape index (κ3) is 4.49. The molecule has 110 valence electrons. The summed E-state index contributed by atoms with van der Waals surface area (Å²) in [5.41, 5.74) is 0. The summed E-state index contributed by atoms with van der Waals surface area (Å²) in [6.07, 6.45) is 3.09. The highest BCUT2D eigenvalue weighted by atomic mass is 19.1. The van der Waals surface area contributed by atoms with E-state index in [0.29, 0.717) is 12.4 Å². The molecule has 0 saturated carbocycles. The Kier molecular flexibility index (Phi) is 5.35. The second-order valence-corrected chi connectivity index (χ2v) is 5.18. The van der Waals surface area contributed by atoms with Crippen LogP contribution in [0.4, 0.5) is 4.39 Å². The number of rotatable bonds is 5. The van der Waals surface area contributed by atoms with Crippen LogP contribution in [0, 0.1) is 5.82 Å². The van der Waals surface area contributed by atoms with Crippen LogP contribution in [-0.4, -0.2) is 31.1 Å². The molecule has 1 saturated heterocycles. The first-order chi connectivity index (χ1) is 9.65. The molecule has 1 aromatic carbocycles. The minimum Gasteiger partial charge on any atom is -0.491 e. The van der Waals surface area contributed by atoms with Gasteiger partial charge in [0, 0.05) is 6.07 Å². The standard InChI is InChI=1S/C15H21FN2O2/c1-11(10-20-13-6-4-5-12(16)9-13)18-15(19)14-7-2-3-8-17-14/h4-6,9,11,14,17H,2-3,7-8,10H2,1H3,(H,18,19)/t11-,14-/m0/s1. The van der Waals surface area contributed by atoms with Crippen molar-refractivity contribution in [2.75, 3.05) is 13.2 Å². The van der Waals surface area contributed by atoms with Gasteiger partial charge in [0.05, 0.1) is 12.1 Å². The van der Waals surface area contributed by atoms with E-state index < -0.39 is 0 Å². The van der Waals surface area contributed by atoms with E-state index >= 15 is 0 Å². The van der Waals surface area contributed by atoms with E-state index in [0.717, 1.165) is 25.8 Å². The zero-order valence-corrected chi connectivity index (χ0v) is 11.7. The zero-order chi connectivity index (χ0) is 14.4. The normalized spacial score (nSPS) is 20.2. The van der Waals surface area contributed by atoms with Crippen LogP contribution in [0.25, 0.3) is 0 Å². The van der Waals surface area contributed by atoms with Gasteiger partial charge in [0.1, 0.15) is 18.2 Å². The Bertz CT molecular complexity index is 447. The number of ether oxygens (including phenoxy) is 1. The molecule has 0 aliphatic carbocycles. The van der Waals surface area contributed by atoms with E-state index in [1.54, 1.807) is 12.1 Å². The predicted molar refractivity (Wildman–Crippen MR) is 75.1 cm³/mol. The molecule has 1 aromatic rings. The second-order valence-electron chi connectivity index (χ2n) is 5.18. The van der Waals surface area contributed by atoms with Crippen molar-refractivity contribution in [3.63, 3.8) is 0 Å². The van der Waals surface area contributed by atoms with Gasteiger partial charge in [-0.3, -0.25) is 4.79 Å². The molecule has 20 heavy (non-hydrogen) atoms. The van der Waals surface area contributed by atoms with Crippen LogP contribution in [0.2, 0.25) is 0 Å². The van der Waals surface area contributed by atoms with E-state index in [1.807, 2.05) is 6.92 Å². The van der Waals surface area contributed by atoms with Crippen molar-refractivity contribution in [3.8, 4) is 5.75 Å². The smallest absolute Gasteiger partial charge is 0.237 e. The number of hydrogen-bond donors (Lipinski definition) is 2. The summed E-state index contributed by atoms with van der Waals surface area (Å²) in [7, 11) is 0. The van der Waals surface area contributed by atoms with Crippen molar-refractivity contribution in [1.82, 2.24) is 10.6 Å². The van der Waals surface area contributed by atoms with Gasteiger partial charge in [-0.05, 0) is 38.4 Å². The van der Waals surface area contributed by atoms with Gasteiger partial charge in [-0.15, -0.1) is 0 Å². The third-order valence-electron chi connectivity index (χ3n) is 3.31. The largest absolute Gasteiger partial charge is 0.491 e. The molecule has 2 atom stereocenters. The van der Waals surface area contributed by atoms with Crippen LogP contribution in [0.3, 0.4) is 0 Å². The molecule has 0 bridgehead atoms. The molecule has 0 aromatic heterocycles. The minimum atomic E-state index is -0.328. The zero-order valence-electron chi connectivity index (χ0n) is 11.7. The number of amides is 1. The average molecular weight is 280 g/mol. The van der Waals surface area contributed by atoms with Gasteiger partial charge in [0.15, 0.2) is 0 Å². The lowest BCUT2D eigenvalue weighted by Crippen LogP contribution is -2.50. The minimum absolute atomic E-state index is 0.0139. The summed E-state index contributed by atoms with van der Waals surface area (Å²) in [6, 6.07) is 5.78.